The topological polar surface area (TPSA) is 84.5 Å². The number of nitrogens with zero attached hydrogens (tertiary/aromatic N) is 5. The zero-order chi connectivity index (χ0) is 19.3. The number of aromatic nitrogens is 3. The number of hydrogen-bond donors (Lipinski definition) is 0. The lowest BCUT2D eigenvalue weighted by Crippen LogP contribution is -2.32. The first-order valence-electron chi connectivity index (χ1n) is 9.21. The van der Waals surface area contributed by atoms with E-state index in [9.17, 15) is 8.42 Å². The number of furan rings is 1. The van der Waals surface area contributed by atoms with Crippen molar-refractivity contribution in [3.05, 3.63) is 24.2 Å². The fourth-order valence-corrected chi connectivity index (χ4v) is 4.93. The molecule has 0 N–H and O–H groups in total. The summed E-state index contributed by atoms with van der Waals surface area (Å²) in [6, 6.07) is 3.82. The molecular formula is C17H27N5O3S2. The van der Waals surface area contributed by atoms with Crippen molar-refractivity contribution < 1.29 is 12.8 Å². The van der Waals surface area contributed by atoms with Crippen molar-refractivity contribution >= 4 is 27.7 Å². The number of sulfonamides is 1. The van der Waals surface area contributed by atoms with Gasteiger partial charge in [0.05, 0.1) is 18.6 Å². The summed E-state index contributed by atoms with van der Waals surface area (Å²) in [5, 5.41) is 9.60. The molecule has 2 aromatic heterocycles. The quantitative estimate of drug-likeness (QED) is 0.460. The fourth-order valence-electron chi connectivity index (χ4n) is 3.00. The highest BCUT2D eigenvalue weighted by Crippen LogP contribution is 2.26. The summed E-state index contributed by atoms with van der Waals surface area (Å²) in [6.07, 6.45) is 5.82. The zero-order valence-corrected chi connectivity index (χ0v) is 17.5. The van der Waals surface area contributed by atoms with E-state index in [2.05, 4.69) is 19.7 Å². The highest BCUT2D eigenvalue weighted by molar-refractivity contribution is 7.99. The van der Waals surface area contributed by atoms with Crippen LogP contribution in [0, 0.1) is 0 Å². The Morgan fingerprint density at radius 1 is 1.22 bits per heavy atom. The molecule has 0 saturated carbocycles. The Morgan fingerprint density at radius 2 is 2.00 bits per heavy atom. The van der Waals surface area contributed by atoms with Crippen LogP contribution in [0.25, 0.3) is 0 Å². The van der Waals surface area contributed by atoms with Crippen LogP contribution in [0.5, 0.6) is 0 Å². The highest BCUT2D eigenvalue weighted by Gasteiger charge is 2.21. The predicted molar refractivity (Wildman–Crippen MR) is 107 cm³/mol. The molecule has 0 atom stereocenters. The minimum absolute atomic E-state index is 0.137. The second-order valence-corrected chi connectivity index (χ2v) is 10.2. The number of hydrogen-bond acceptors (Lipinski definition) is 7. The van der Waals surface area contributed by atoms with Gasteiger partial charge in [-0.25, -0.2) is 12.7 Å². The van der Waals surface area contributed by atoms with E-state index < -0.39 is 10.0 Å². The summed E-state index contributed by atoms with van der Waals surface area (Å²) in [5.41, 5.74) is 0. The van der Waals surface area contributed by atoms with Crippen LogP contribution < -0.4 is 4.90 Å². The average molecular weight is 414 g/mol. The van der Waals surface area contributed by atoms with Gasteiger partial charge in [-0.15, -0.1) is 10.2 Å². The average Bonchev–Trinajstić information content (AvgIpc) is 3.30. The Balaban J connectivity index is 1.69. The van der Waals surface area contributed by atoms with Crippen LogP contribution in [-0.4, -0.2) is 66.2 Å². The van der Waals surface area contributed by atoms with E-state index in [1.54, 1.807) is 32.1 Å². The van der Waals surface area contributed by atoms with E-state index in [0.717, 1.165) is 30.0 Å². The Labute approximate surface area is 165 Å². The van der Waals surface area contributed by atoms with Crippen LogP contribution in [0.3, 0.4) is 0 Å². The first kappa shape index (κ1) is 20.2. The largest absolute Gasteiger partial charge is 0.467 e. The summed E-state index contributed by atoms with van der Waals surface area (Å²) < 4.78 is 32.7. The van der Waals surface area contributed by atoms with Crippen molar-refractivity contribution in [1.82, 2.24) is 19.1 Å². The molecular weight excluding hydrogens is 386 g/mol. The molecule has 1 aliphatic rings. The van der Waals surface area contributed by atoms with Gasteiger partial charge in [0.15, 0.2) is 5.16 Å². The molecule has 0 spiro atoms. The van der Waals surface area contributed by atoms with Crippen LogP contribution >= 0.6 is 11.8 Å². The highest BCUT2D eigenvalue weighted by atomic mass is 32.2. The standard InChI is InChI=1S/C17H27N5O3S2/c1-20(2)27(23,24)13-7-12-26-17-19-18-16(21-9-4-3-5-10-21)22(17)14-15-8-6-11-25-15/h6,8,11H,3-5,7,9-10,12-14H2,1-2H3. The number of thioether (sulfide) groups is 1. The zero-order valence-electron chi connectivity index (χ0n) is 15.9. The van der Waals surface area contributed by atoms with E-state index in [1.165, 1.54) is 23.6 Å². The number of anilines is 1. The molecule has 1 fully saturated rings. The van der Waals surface area contributed by atoms with E-state index in [0.29, 0.717) is 18.7 Å². The van der Waals surface area contributed by atoms with E-state index in [4.69, 9.17) is 4.42 Å². The van der Waals surface area contributed by atoms with Crippen LogP contribution in [0.2, 0.25) is 0 Å². The van der Waals surface area contributed by atoms with Crippen molar-refractivity contribution in [2.24, 2.45) is 0 Å². The summed E-state index contributed by atoms with van der Waals surface area (Å²) in [6.45, 7) is 2.55. The molecule has 3 rings (SSSR count). The minimum atomic E-state index is -3.16. The lowest BCUT2D eigenvalue weighted by molar-refractivity contribution is 0.479. The summed E-state index contributed by atoms with van der Waals surface area (Å²) in [7, 11) is -0.0360. The molecule has 0 radical (unpaired) electrons. The third-order valence-corrected chi connectivity index (χ3v) is 7.53. The van der Waals surface area contributed by atoms with Crippen molar-refractivity contribution in [1.29, 1.82) is 0 Å². The second-order valence-electron chi connectivity index (χ2n) is 6.80. The van der Waals surface area contributed by atoms with Gasteiger partial charge in [-0.1, -0.05) is 11.8 Å². The molecule has 3 heterocycles. The molecule has 1 aliphatic heterocycles. The number of piperidine rings is 1. The molecule has 0 unspecified atom stereocenters. The minimum Gasteiger partial charge on any atom is -0.467 e. The van der Waals surface area contributed by atoms with Gasteiger partial charge in [-0.3, -0.25) is 4.57 Å². The maximum absolute atomic E-state index is 11.9. The Kier molecular flexibility index (Phi) is 6.83. The van der Waals surface area contributed by atoms with Gasteiger partial charge in [-0.2, -0.15) is 0 Å². The molecule has 2 aromatic rings. The van der Waals surface area contributed by atoms with Gasteiger partial charge in [-0.05, 0) is 37.8 Å². The number of rotatable bonds is 9. The van der Waals surface area contributed by atoms with E-state index in [-0.39, 0.29) is 5.75 Å². The smallest absolute Gasteiger partial charge is 0.228 e. The maximum Gasteiger partial charge on any atom is 0.228 e. The third kappa shape index (κ3) is 5.26. The monoisotopic (exact) mass is 413 g/mol. The lowest BCUT2D eigenvalue weighted by atomic mass is 10.1. The van der Waals surface area contributed by atoms with Crippen LogP contribution in [-0.2, 0) is 16.6 Å². The fraction of sp³-hybridized carbons (Fsp3) is 0.647. The predicted octanol–water partition coefficient (Wildman–Crippen LogP) is 2.28. The third-order valence-electron chi connectivity index (χ3n) is 4.56. The van der Waals surface area contributed by atoms with Crippen molar-refractivity contribution in [3.63, 3.8) is 0 Å². The molecule has 0 aliphatic carbocycles. The molecule has 0 aromatic carbocycles. The van der Waals surface area contributed by atoms with Crippen molar-refractivity contribution in [3.8, 4) is 0 Å². The molecule has 150 valence electrons. The van der Waals surface area contributed by atoms with Gasteiger partial charge in [0.25, 0.3) is 0 Å². The Hall–Kier alpha value is -1.52. The first-order chi connectivity index (χ1) is 13.0. The SMILES string of the molecule is CN(C)S(=O)(=O)CCCSc1nnc(N2CCCCC2)n1Cc1ccco1. The van der Waals surface area contributed by atoms with Crippen LogP contribution in [0.1, 0.15) is 31.4 Å². The lowest BCUT2D eigenvalue weighted by Gasteiger charge is -2.27. The summed E-state index contributed by atoms with van der Waals surface area (Å²) in [4.78, 5) is 2.28. The van der Waals surface area contributed by atoms with Crippen molar-refractivity contribution in [2.45, 2.75) is 37.4 Å². The van der Waals surface area contributed by atoms with Crippen LogP contribution in [0.15, 0.2) is 28.0 Å². The second kappa shape index (κ2) is 9.11. The van der Waals surface area contributed by atoms with Gasteiger partial charge in [0.2, 0.25) is 16.0 Å². The van der Waals surface area contributed by atoms with E-state index >= 15 is 0 Å². The maximum atomic E-state index is 11.9. The molecule has 0 amide bonds. The van der Waals surface area contributed by atoms with Gasteiger partial charge in [0, 0.05) is 32.9 Å². The molecule has 0 bridgehead atoms. The molecule has 1 saturated heterocycles. The summed E-state index contributed by atoms with van der Waals surface area (Å²) >= 11 is 1.54. The summed E-state index contributed by atoms with van der Waals surface area (Å²) in [5.74, 6) is 2.53. The van der Waals surface area contributed by atoms with Gasteiger partial charge < -0.3 is 9.32 Å². The van der Waals surface area contributed by atoms with Crippen LogP contribution in [0.4, 0.5) is 5.95 Å². The first-order valence-corrected chi connectivity index (χ1v) is 11.8. The van der Waals surface area contributed by atoms with Gasteiger partial charge >= 0.3 is 0 Å². The van der Waals surface area contributed by atoms with Gasteiger partial charge in [0.1, 0.15) is 5.76 Å². The molecule has 27 heavy (non-hydrogen) atoms. The van der Waals surface area contributed by atoms with Crippen molar-refractivity contribution in [2.75, 3.05) is 43.6 Å². The molecule has 10 heteroatoms. The van der Waals surface area contributed by atoms with E-state index in [1.807, 2.05) is 12.1 Å². The molecule has 8 nitrogen and oxygen atoms in total. The Bertz CT molecular complexity index is 812. The normalized spacial score (nSPS) is 15.6. The Morgan fingerprint density at radius 3 is 2.67 bits per heavy atom.